The molecule has 0 unspecified atom stereocenters. The number of morpholine rings is 1. The minimum absolute atomic E-state index is 0.0371. The first kappa shape index (κ1) is 21.4. The second-order valence-corrected chi connectivity index (χ2v) is 8.47. The Morgan fingerprint density at radius 3 is 2.77 bits per heavy atom. The number of anilines is 2. The number of nitro benzene ring substituents is 1. The van der Waals surface area contributed by atoms with Crippen LogP contribution in [-0.4, -0.2) is 47.2 Å². The number of thiocarbonyl (C=S) groups is 1. The van der Waals surface area contributed by atoms with Gasteiger partial charge in [-0.1, -0.05) is 22.9 Å². The Morgan fingerprint density at radius 2 is 2.03 bits per heavy atom. The SMILES string of the molecule is O=C(NC(=S)Nc1nc2ccc(Cl)cc2s1)c1ccc(N2CCOCC2)c([N+](=O)[O-])c1. The third kappa shape index (κ3) is 4.90. The second-order valence-electron chi connectivity index (χ2n) is 6.60. The van der Waals surface area contributed by atoms with E-state index in [2.05, 4.69) is 15.6 Å². The van der Waals surface area contributed by atoms with E-state index < -0.39 is 10.8 Å². The largest absolute Gasteiger partial charge is 0.378 e. The van der Waals surface area contributed by atoms with E-state index in [4.69, 9.17) is 28.6 Å². The zero-order valence-corrected chi connectivity index (χ0v) is 18.4. The number of carbonyl (C=O) groups excluding carboxylic acids is 1. The minimum Gasteiger partial charge on any atom is -0.378 e. The fraction of sp³-hybridized carbons (Fsp3) is 0.211. The average molecular weight is 478 g/mol. The summed E-state index contributed by atoms with van der Waals surface area (Å²) in [6, 6.07) is 9.68. The van der Waals surface area contributed by atoms with Gasteiger partial charge in [-0.3, -0.25) is 20.2 Å². The maximum absolute atomic E-state index is 12.6. The molecule has 1 aromatic heterocycles. The number of nitro groups is 1. The molecule has 2 aromatic carbocycles. The number of aromatic nitrogens is 1. The maximum atomic E-state index is 12.6. The molecule has 0 saturated carbocycles. The van der Waals surface area contributed by atoms with Crippen LogP contribution in [0.25, 0.3) is 10.2 Å². The number of hydrogen-bond acceptors (Lipinski definition) is 8. The minimum atomic E-state index is -0.557. The highest BCUT2D eigenvalue weighted by Gasteiger charge is 2.23. The first-order chi connectivity index (χ1) is 14.9. The summed E-state index contributed by atoms with van der Waals surface area (Å²) in [7, 11) is 0. The molecule has 1 aliphatic rings. The molecule has 0 bridgehead atoms. The number of thiazole rings is 1. The van der Waals surface area contributed by atoms with Gasteiger partial charge in [0.1, 0.15) is 5.69 Å². The zero-order valence-electron chi connectivity index (χ0n) is 16.0. The van der Waals surface area contributed by atoms with Gasteiger partial charge in [0.25, 0.3) is 11.6 Å². The summed E-state index contributed by atoms with van der Waals surface area (Å²) in [5.74, 6) is -0.557. The molecule has 160 valence electrons. The summed E-state index contributed by atoms with van der Waals surface area (Å²) in [6.45, 7) is 2.09. The van der Waals surface area contributed by atoms with Gasteiger partial charge >= 0.3 is 0 Å². The third-order valence-electron chi connectivity index (χ3n) is 4.58. The van der Waals surface area contributed by atoms with Crippen molar-refractivity contribution < 1.29 is 14.5 Å². The van der Waals surface area contributed by atoms with Crippen molar-refractivity contribution in [3.05, 3.63) is 57.1 Å². The van der Waals surface area contributed by atoms with Crippen LogP contribution in [0.4, 0.5) is 16.5 Å². The van der Waals surface area contributed by atoms with Gasteiger partial charge in [0.15, 0.2) is 10.2 Å². The van der Waals surface area contributed by atoms with Gasteiger partial charge in [-0.25, -0.2) is 4.98 Å². The van der Waals surface area contributed by atoms with Gasteiger partial charge in [0.2, 0.25) is 0 Å². The van der Waals surface area contributed by atoms with Gasteiger partial charge in [-0.05, 0) is 42.5 Å². The third-order valence-corrected chi connectivity index (χ3v) is 5.96. The standard InChI is InChI=1S/C19H16ClN5O4S2/c20-12-2-3-13-16(10-12)31-19(21-13)23-18(30)22-17(26)11-1-4-14(15(9-11)25(27)28)24-5-7-29-8-6-24/h1-4,9-10H,5-8H2,(H2,21,22,23,26,30). The fourth-order valence-corrected chi connectivity index (χ4v) is 4.54. The molecule has 3 aromatic rings. The van der Waals surface area contributed by atoms with Crippen molar-refractivity contribution >= 4 is 72.9 Å². The highest BCUT2D eigenvalue weighted by molar-refractivity contribution is 7.80. The van der Waals surface area contributed by atoms with Crippen molar-refractivity contribution in [2.24, 2.45) is 0 Å². The lowest BCUT2D eigenvalue weighted by Crippen LogP contribution is -2.37. The summed E-state index contributed by atoms with van der Waals surface area (Å²) < 4.78 is 6.17. The topological polar surface area (TPSA) is 110 Å². The van der Waals surface area contributed by atoms with Gasteiger partial charge in [0, 0.05) is 29.7 Å². The van der Waals surface area contributed by atoms with Crippen LogP contribution in [0.5, 0.6) is 0 Å². The normalized spacial score (nSPS) is 13.8. The molecule has 4 rings (SSSR count). The zero-order chi connectivity index (χ0) is 22.0. The van der Waals surface area contributed by atoms with Crippen LogP contribution < -0.4 is 15.5 Å². The van der Waals surface area contributed by atoms with E-state index in [9.17, 15) is 14.9 Å². The molecule has 12 heteroatoms. The van der Waals surface area contributed by atoms with Gasteiger partial charge in [-0.15, -0.1) is 0 Å². The van der Waals surface area contributed by atoms with E-state index in [1.165, 1.54) is 23.5 Å². The van der Waals surface area contributed by atoms with Crippen LogP contribution in [0.15, 0.2) is 36.4 Å². The molecular formula is C19H16ClN5O4S2. The number of rotatable bonds is 4. The Balaban J connectivity index is 1.47. The van der Waals surface area contributed by atoms with E-state index in [0.29, 0.717) is 42.1 Å². The molecule has 0 aliphatic carbocycles. The summed E-state index contributed by atoms with van der Waals surface area (Å²) in [4.78, 5) is 29.9. The maximum Gasteiger partial charge on any atom is 0.293 e. The fourth-order valence-electron chi connectivity index (χ4n) is 3.14. The van der Waals surface area contributed by atoms with Crippen LogP contribution in [0.1, 0.15) is 10.4 Å². The van der Waals surface area contributed by atoms with Gasteiger partial charge < -0.3 is 15.0 Å². The predicted octanol–water partition coefficient (Wildman–Crippen LogP) is 3.82. The number of halogens is 1. The van der Waals surface area contributed by atoms with Crippen molar-refractivity contribution in [1.29, 1.82) is 0 Å². The van der Waals surface area contributed by atoms with E-state index in [0.717, 1.165) is 10.2 Å². The first-order valence-corrected chi connectivity index (χ1v) is 10.8. The van der Waals surface area contributed by atoms with Crippen LogP contribution in [0, 0.1) is 10.1 Å². The molecule has 1 saturated heterocycles. The summed E-state index contributed by atoms with van der Waals surface area (Å²) in [5, 5.41) is 18.1. The number of hydrogen-bond donors (Lipinski definition) is 2. The van der Waals surface area contributed by atoms with Gasteiger partial charge in [0.05, 0.1) is 28.4 Å². The molecule has 2 N–H and O–H groups in total. The Bertz CT molecular complexity index is 1180. The van der Waals surface area contributed by atoms with E-state index >= 15 is 0 Å². The van der Waals surface area contributed by atoms with Crippen molar-refractivity contribution in [3.8, 4) is 0 Å². The van der Waals surface area contributed by atoms with Crippen LogP contribution in [0.3, 0.4) is 0 Å². The predicted molar refractivity (Wildman–Crippen MR) is 124 cm³/mol. The Kier molecular flexibility index (Phi) is 6.28. The van der Waals surface area contributed by atoms with Crippen molar-refractivity contribution in [2.45, 2.75) is 0 Å². The highest BCUT2D eigenvalue weighted by atomic mass is 35.5. The number of ether oxygens (including phenoxy) is 1. The molecule has 0 radical (unpaired) electrons. The van der Waals surface area contributed by atoms with Crippen molar-refractivity contribution in [2.75, 3.05) is 36.5 Å². The van der Waals surface area contributed by atoms with Crippen molar-refractivity contribution in [1.82, 2.24) is 10.3 Å². The number of nitrogens with one attached hydrogen (secondary N) is 2. The number of benzene rings is 2. The highest BCUT2D eigenvalue weighted by Crippen LogP contribution is 2.30. The average Bonchev–Trinajstić information content (AvgIpc) is 3.14. The van der Waals surface area contributed by atoms with E-state index in [1.54, 1.807) is 24.3 Å². The molecule has 9 nitrogen and oxygen atoms in total. The lowest BCUT2D eigenvalue weighted by molar-refractivity contribution is -0.384. The smallest absolute Gasteiger partial charge is 0.293 e. The number of amides is 1. The monoisotopic (exact) mass is 477 g/mol. The molecule has 1 fully saturated rings. The molecule has 31 heavy (non-hydrogen) atoms. The molecular weight excluding hydrogens is 462 g/mol. The van der Waals surface area contributed by atoms with E-state index in [1.807, 2.05) is 4.90 Å². The molecule has 0 spiro atoms. The van der Waals surface area contributed by atoms with Crippen molar-refractivity contribution in [3.63, 3.8) is 0 Å². The number of carbonyl (C=O) groups is 1. The van der Waals surface area contributed by atoms with Crippen LogP contribution in [-0.2, 0) is 4.74 Å². The van der Waals surface area contributed by atoms with E-state index in [-0.39, 0.29) is 16.4 Å². The lowest BCUT2D eigenvalue weighted by atomic mass is 10.1. The van der Waals surface area contributed by atoms with Gasteiger partial charge in [-0.2, -0.15) is 0 Å². The molecule has 0 atom stereocenters. The van der Waals surface area contributed by atoms with Crippen LogP contribution in [0.2, 0.25) is 5.02 Å². The lowest BCUT2D eigenvalue weighted by Gasteiger charge is -2.28. The quantitative estimate of drug-likeness (QED) is 0.331. The Labute approximate surface area is 191 Å². The summed E-state index contributed by atoms with van der Waals surface area (Å²) in [6.07, 6.45) is 0. The Morgan fingerprint density at radius 1 is 1.26 bits per heavy atom. The van der Waals surface area contributed by atoms with Crippen LogP contribution >= 0.6 is 35.2 Å². The molecule has 1 aliphatic heterocycles. The summed E-state index contributed by atoms with van der Waals surface area (Å²) >= 11 is 12.5. The second kappa shape index (κ2) is 9.10. The molecule has 1 amide bonds. The number of fused-ring (bicyclic) bond motifs is 1. The Hall–Kier alpha value is -2.86. The summed E-state index contributed by atoms with van der Waals surface area (Å²) in [5.41, 5.74) is 1.19. The number of nitrogens with zero attached hydrogens (tertiary/aromatic N) is 3. The first-order valence-electron chi connectivity index (χ1n) is 9.20. The molecule has 2 heterocycles.